The van der Waals surface area contributed by atoms with Crippen LogP contribution < -0.4 is 10.1 Å². The number of allylic oxidation sites excluding steroid dienone is 1. The number of para-hydroxylation sites is 1. The number of aryl methyl sites for hydroxylation is 2. The van der Waals surface area contributed by atoms with Gasteiger partial charge in [0.05, 0.1) is 6.20 Å². The molecule has 120 valence electrons. The maximum absolute atomic E-state index is 9.39. The van der Waals surface area contributed by atoms with Gasteiger partial charge in [0.15, 0.2) is 0 Å². The molecule has 1 heterocycles. The minimum Gasteiger partial charge on any atom is -0.444 e. The van der Waals surface area contributed by atoms with Crippen LogP contribution >= 0.6 is 11.3 Å². The molecular formula is C20H18N2OS. The quantitative estimate of drug-likeness (QED) is 0.486. The molecule has 3 nitrogen and oxygen atoms in total. The van der Waals surface area contributed by atoms with E-state index in [1.807, 2.05) is 36.4 Å². The van der Waals surface area contributed by atoms with Crippen LogP contribution in [0.2, 0.25) is 0 Å². The maximum atomic E-state index is 9.39. The topological polar surface area (TPSA) is 45.0 Å². The SMILES string of the molecule is CCc1c(OC(C#N)=CNc2ccccc2)cc(C)c2sccc12. The normalized spacial score (nSPS) is 11.3. The second-order valence-corrected chi connectivity index (χ2v) is 6.34. The Bertz CT molecular complexity index is 920. The third-order valence-corrected chi connectivity index (χ3v) is 4.87. The molecule has 0 aliphatic rings. The lowest BCUT2D eigenvalue weighted by Gasteiger charge is -2.12. The largest absolute Gasteiger partial charge is 0.444 e. The highest BCUT2D eigenvalue weighted by atomic mass is 32.1. The van der Waals surface area contributed by atoms with Gasteiger partial charge in [-0.25, -0.2) is 0 Å². The van der Waals surface area contributed by atoms with Gasteiger partial charge in [-0.2, -0.15) is 5.26 Å². The van der Waals surface area contributed by atoms with E-state index in [0.29, 0.717) is 0 Å². The zero-order valence-corrected chi connectivity index (χ0v) is 14.5. The fraction of sp³-hybridized carbons (Fsp3) is 0.150. The number of thiophene rings is 1. The highest BCUT2D eigenvalue weighted by Gasteiger charge is 2.13. The Morgan fingerprint density at radius 1 is 1.29 bits per heavy atom. The zero-order chi connectivity index (χ0) is 16.9. The molecule has 0 spiro atoms. The van der Waals surface area contributed by atoms with Gasteiger partial charge in [-0.3, -0.25) is 0 Å². The Morgan fingerprint density at radius 3 is 2.79 bits per heavy atom. The molecule has 0 saturated carbocycles. The van der Waals surface area contributed by atoms with Crippen molar-refractivity contribution in [2.24, 2.45) is 0 Å². The summed E-state index contributed by atoms with van der Waals surface area (Å²) < 4.78 is 7.19. The fourth-order valence-electron chi connectivity index (χ4n) is 2.68. The summed E-state index contributed by atoms with van der Waals surface area (Å²) in [5, 5.41) is 15.8. The van der Waals surface area contributed by atoms with Crippen molar-refractivity contribution in [3.8, 4) is 11.8 Å². The molecular weight excluding hydrogens is 316 g/mol. The van der Waals surface area contributed by atoms with Gasteiger partial charge in [0, 0.05) is 16.0 Å². The van der Waals surface area contributed by atoms with Gasteiger partial charge in [0.1, 0.15) is 11.8 Å². The van der Waals surface area contributed by atoms with Crippen LogP contribution in [0, 0.1) is 18.3 Å². The lowest BCUT2D eigenvalue weighted by atomic mass is 10.0. The number of hydrogen-bond donors (Lipinski definition) is 1. The maximum Gasteiger partial charge on any atom is 0.219 e. The van der Waals surface area contributed by atoms with Gasteiger partial charge in [-0.1, -0.05) is 25.1 Å². The van der Waals surface area contributed by atoms with Gasteiger partial charge in [-0.15, -0.1) is 11.3 Å². The van der Waals surface area contributed by atoms with E-state index in [0.717, 1.165) is 23.4 Å². The lowest BCUT2D eigenvalue weighted by Crippen LogP contribution is -2.00. The first-order chi connectivity index (χ1) is 11.7. The first kappa shape index (κ1) is 16.1. The van der Waals surface area contributed by atoms with E-state index in [1.54, 1.807) is 17.5 Å². The number of benzene rings is 2. The summed E-state index contributed by atoms with van der Waals surface area (Å²) in [4.78, 5) is 0. The molecule has 1 aromatic heterocycles. The number of ether oxygens (including phenoxy) is 1. The molecule has 0 fully saturated rings. The summed E-state index contributed by atoms with van der Waals surface area (Å²) in [6.07, 6.45) is 2.45. The van der Waals surface area contributed by atoms with Crippen molar-refractivity contribution < 1.29 is 4.74 Å². The summed E-state index contributed by atoms with van der Waals surface area (Å²) in [5.41, 5.74) is 3.22. The molecule has 1 N–H and O–H groups in total. The number of fused-ring (bicyclic) bond motifs is 1. The summed E-state index contributed by atoms with van der Waals surface area (Å²) >= 11 is 1.74. The zero-order valence-electron chi connectivity index (χ0n) is 13.7. The first-order valence-electron chi connectivity index (χ1n) is 7.82. The molecule has 0 saturated heterocycles. The number of anilines is 1. The molecule has 0 atom stereocenters. The van der Waals surface area contributed by atoms with Crippen LogP contribution in [0.4, 0.5) is 5.69 Å². The number of nitriles is 1. The Morgan fingerprint density at radius 2 is 2.08 bits per heavy atom. The number of nitrogens with zero attached hydrogens (tertiary/aromatic N) is 1. The van der Waals surface area contributed by atoms with Crippen molar-refractivity contribution in [3.63, 3.8) is 0 Å². The molecule has 4 heteroatoms. The Balaban J connectivity index is 1.91. The Labute approximate surface area is 145 Å². The van der Waals surface area contributed by atoms with Gasteiger partial charge < -0.3 is 10.1 Å². The molecule has 0 aliphatic carbocycles. The smallest absolute Gasteiger partial charge is 0.219 e. The van der Waals surface area contributed by atoms with Gasteiger partial charge >= 0.3 is 0 Å². The van der Waals surface area contributed by atoms with E-state index in [4.69, 9.17) is 4.74 Å². The van der Waals surface area contributed by atoms with Crippen LogP contribution in [-0.4, -0.2) is 0 Å². The van der Waals surface area contributed by atoms with Crippen LogP contribution in [0.1, 0.15) is 18.1 Å². The average molecular weight is 334 g/mol. The van der Waals surface area contributed by atoms with Gasteiger partial charge in [0.2, 0.25) is 5.76 Å². The van der Waals surface area contributed by atoms with Crippen molar-refractivity contribution >= 4 is 27.1 Å². The Hall–Kier alpha value is -2.77. The van der Waals surface area contributed by atoms with Crippen LogP contribution in [0.3, 0.4) is 0 Å². The monoisotopic (exact) mass is 334 g/mol. The number of rotatable bonds is 5. The molecule has 0 amide bonds. The molecule has 3 rings (SSSR count). The highest BCUT2D eigenvalue weighted by molar-refractivity contribution is 7.17. The molecule has 0 unspecified atom stereocenters. The number of nitrogens with one attached hydrogen (secondary N) is 1. The van der Waals surface area contributed by atoms with Crippen molar-refractivity contribution in [2.75, 3.05) is 5.32 Å². The Kier molecular flexibility index (Phi) is 4.83. The van der Waals surface area contributed by atoms with E-state index in [2.05, 4.69) is 36.7 Å². The number of hydrogen-bond acceptors (Lipinski definition) is 4. The van der Waals surface area contributed by atoms with Gasteiger partial charge in [-0.05, 0) is 53.9 Å². The predicted molar refractivity (Wildman–Crippen MR) is 100 cm³/mol. The van der Waals surface area contributed by atoms with E-state index < -0.39 is 0 Å². The molecule has 0 bridgehead atoms. The third-order valence-electron chi connectivity index (χ3n) is 3.82. The highest BCUT2D eigenvalue weighted by Crippen LogP contribution is 2.35. The summed E-state index contributed by atoms with van der Waals surface area (Å²) in [7, 11) is 0. The lowest BCUT2D eigenvalue weighted by molar-refractivity contribution is 0.443. The minimum atomic E-state index is 0.238. The van der Waals surface area contributed by atoms with Crippen molar-refractivity contribution in [3.05, 3.63) is 70.9 Å². The second-order valence-electron chi connectivity index (χ2n) is 5.42. The minimum absolute atomic E-state index is 0.238. The second kappa shape index (κ2) is 7.20. The predicted octanol–water partition coefficient (Wildman–Crippen LogP) is 5.63. The third kappa shape index (κ3) is 3.27. The summed E-state index contributed by atoms with van der Waals surface area (Å²) in [6, 6.07) is 15.9. The fourth-order valence-corrected chi connectivity index (χ4v) is 3.58. The van der Waals surface area contributed by atoms with Crippen LogP contribution in [-0.2, 0) is 6.42 Å². The average Bonchev–Trinajstić information content (AvgIpc) is 3.10. The molecule has 3 aromatic rings. The molecule has 0 aliphatic heterocycles. The molecule has 0 radical (unpaired) electrons. The standard InChI is InChI=1S/C20H18N2OS/c1-3-17-18-9-10-24-20(18)14(2)11-19(17)23-16(12-21)13-22-15-7-5-4-6-8-15/h4-11,13,22H,3H2,1-2H3. The van der Waals surface area contributed by atoms with E-state index in [9.17, 15) is 5.26 Å². The van der Waals surface area contributed by atoms with Crippen LogP contribution in [0.25, 0.3) is 10.1 Å². The van der Waals surface area contributed by atoms with Crippen LogP contribution in [0.15, 0.2) is 59.8 Å². The van der Waals surface area contributed by atoms with E-state index in [1.165, 1.54) is 15.6 Å². The van der Waals surface area contributed by atoms with E-state index in [-0.39, 0.29) is 5.76 Å². The molecule has 24 heavy (non-hydrogen) atoms. The van der Waals surface area contributed by atoms with E-state index >= 15 is 0 Å². The summed E-state index contributed by atoms with van der Waals surface area (Å²) in [5.74, 6) is 0.992. The van der Waals surface area contributed by atoms with Crippen molar-refractivity contribution in [2.45, 2.75) is 20.3 Å². The summed E-state index contributed by atoms with van der Waals surface area (Å²) in [6.45, 7) is 4.18. The van der Waals surface area contributed by atoms with Crippen LogP contribution in [0.5, 0.6) is 5.75 Å². The van der Waals surface area contributed by atoms with Crippen molar-refractivity contribution in [1.82, 2.24) is 0 Å². The molecule has 2 aromatic carbocycles. The van der Waals surface area contributed by atoms with Gasteiger partial charge in [0.25, 0.3) is 0 Å². The first-order valence-corrected chi connectivity index (χ1v) is 8.70. The van der Waals surface area contributed by atoms with Crippen molar-refractivity contribution in [1.29, 1.82) is 5.26 Å².